The number of hydrogen-bond donors (Lipinski definition) is 1. The summed E-state index contributed by atoms with van der Waals surface area (Å²) < 4.78 is 0. The largest absolute Gasteiger partial charge is 0.370 e. The molecule has 2 heterocycles. The van der Waals surface area contributed by atoms with Crippen molar-refractivity contribution >= 4 is 11.8 Å². The first-order valence-electron chi connectivity index (χ1n) is 6.39. The zero-order valence-electron chi connectivity index (χ0n) is 11.0. The van der Waals surface area contributed by atoms with E-state index >= 15 is 0 Å². The Kier molecular flexibility index (Phi) is 4.02. The number of nitrogens with one attached hydrogen (secondary N) is 1. The van der Waals surface area contributed by atoms with Crippen LogP contribution in [0.5, 0.6) is 0 Å². The molecule has 0 bridgehead atoms. The summed E-state index contributed by atoms with van der Waals surface area (Å²) in [6.45, 7) is 5.30. The monoisotopic (exact) mass is 248 g/mol. The zero-order valence-corrected chi connectivity index (χ0v) is 11.0. The van der Waals surface area contributed by atoms with Crippen LogP contribution in [0.15, 0.2) is 18.3 Å². The van der Waals surface area contributed by atoms with Gasteiger partial charge in [0, 0.05) is 39.4 Å². The van der Waals surface area contributed by atoms with Crippen molar-refractivity contribution in [3.63, 3.8) is 0 Å². The lowest BCUT2D eigenvalue weighted by atomic mass is 10.2. The van der Waals surface area contributed by atoms with Crippen LogP contribution in [0.3, 0.4) is 0 Å². The Hall–Kier alpha value is -1.78. The molecule has 0 atom stereocenters. The number of carbonyl (C=O) groups is 1. The topological polar surface area (TPSA) is 48.5 Å². The molecular weight excluding hydrogens is 228 g/mol. The summed E-state index contributed by atoms with van der Waals surface area (Å²) in [6.07, 6.45) is 2.92. The summed E-state index contributed by atoms with van der Waals surface area (Å²) in [6, 6.07) is 4.09. The Bertz CT molecular complexity index is 404. The highest BCUT2D eigenvalue weighted by Crippen LogP contribution is 2.12. The summed E-state index contributed by atoms with van der Waals surface area (Å²) in [7, 11) is 1.83. The second-order valence-electron chi connectivity index (χ2n) is 4.60. The van der Waals surface area contributed by atoms with Crippen molar-refractivity contribution in [3.05, 3.63) is 23.9 Å². The number of pyridine rings is 1. The predicted octanol–water partition coefficient (Wildman–Crippen LogP) is 1.77. The standard InChI is InChI=1S/C13H20N4O/c1-3-6-14-12-5-4-11(9-15-12)10-17-8-7-16(2)13(17)18/h4-5,9H,3,6-8,10H2,1-2H3,(H,14,15). The first kappa shape index (κ1) is 12.7. The highest BCUT2D eigenvalue weighted by molar-refractivity contribution is 5.76. The van der Waals surface area contributed by atoms with E-state index < -0.39 is 0 Å². The Balaban J connectivity index is 1.92. The van der Waals surface area contributed by atoms with Gasteiger partial charge < -0.3 is 15.1 Å². The van der Waals surface area contributed by atoms with E-state index in [2.05, 4.69) is 17.2 Å². The van der Waals surface area contributed by atoms with Gasteiger partial charge in [-0.2, -0.15) is 0 Å². The lowest BCUT2D eigenvalue weighted by molar-refractivity contribution is 0.197. The number of aromatic nitrogens is 1. The van der Waals surface area contributed by atoms with Gasteiger partial charge in [-0.05, 0) is 18.1 Å². The summed E-state index contributed by atoms with van der Waals surface area (Å²) >= 11 is 0. The number of rotatable bonds is 5. The van der Waals surface area contributed by atoms with Gasteiger partial charge in [0.1, 0.15) is 5.82 Å². The van der Waals surface area contributed by atoms with Crippen LogP contribution in [0.4, 0.5) is 10.6 Å². The molecule has 0 unspecified atom stereocenters. The highest BCUT2D eigenvalue weighted by atomic mass is 16.2. The first-order valence-corrected chi connectivity index (χ1v) is 6.39. The van der Waals surface area contributed by atoms with Crippen LogP contribution >= 0.6 is 0 Å². The van der Waals surface area contributed by atoms with Crippen LogP contribution in [-0.2, 0) is 6.54 Å². The molecule has 1 aromatic rings. The molecule has 1 aliphatic rings. The Morgan fingerprint density at radius 2 is 2.22 bits per heavy atom. The zero-order chi connectivity index (χ0) is 13.0. The fraction of sp³-hybridized carbons (Fsp3) is 0.538. The number of urea groups is 1. The molecule has 2 amide bonds. The molecule has 98 valence electrons. The summed E-state index contributed by atoms with van der Waals surface area (Å²) in [5.74, 6) is 0.894. The van der Waals surface area contributed by atoms with Crippen LogP contribution in [0, 0.1) is 0 Å². The van der Waals surface area contributed by atoms with Crippen molar-refractivity contribution in [3.8, 4) is 0 Å². The van der Waals surface area contributed by atoms with Gasteiger partial charge in [0.15, 0.2) is 0 Å². The van der Waals surface area contributed by atoms with Crippen LogP contribution < -0.4 is 5.32 Å². The molecule has 0 spiro atoms. The van der Waals surface area contributed by atoms with Crippen molar-refractivity contribution in [2.75, 3.05) is 32.0 Å². The predicted molar refractivity (Wildman–Crippen MR) is 71.5 cm³/mol. The minimum Gasteiger partial charge on any atom is -0.370 e. The van der Waals surface area contributed by atoms with E-state index in [9.17, 15) is 4.79 Å². The molecule has 2 rings (SSSR count). The van der Waals surface area contributed by atoms with Crippen LogP contribution in [-0.4, -0.2) is 47.5 Å². The molecule has 18 heavy (non-hydrogen) atoms. The molecule has 1 aliphatic heterocycles. The molecule has 1 fully saturated rings. The number of amides is 2. The molecule has 5 heteroatoms. The SMILES string of the molecule is CCCNc1ccc(CN2CCN(C)C2=O)cn1. The Morgan fingerprint density at radius 3 is 2.78 bits per heavy atom. The fourth-order valence-corrected chi connectivity index (χ4v) is 1.95. The molecule has 1 aromatic heterocycles. The van der Waals surface area contributed by atoms with Gasteiger partial charge in [0.25, 0.3) is 0 Å². The minimum absolute atomic E-state index is 0.100. The van der Waals surface area contributed by atoms with E-state index in [1.165, 1.54) is 0 Å². The van der Waals surface area contributed by atoms with Crippen molar-refractivity contribution in [1.82, 2.24) is 14.8 Å². The average Bonchev–Trinajstić information content (AvgIpc) is 2.70. The maximum atomic E-state index is 11.7. The Morgan fingerprint density at radius 1 is 1.39 bits per heavy atom. The maximum absolute atomic E-state index is 11.7. The molecule has 5 nitrogen and oxygen atoms in total. The van der Waals surface area contributed by atoms with E-state index in [4.69, 9.17) is 0 Å². The number of nitrogens with zero attached hydrogens (tertiary/aromatic N) is 3. The number of anilines is 1. The van der Waals surface area contributed by atoms with Crippen LogP contribution in [0.25, 0.3) is 0 Å². The van der Waals surface area contributed by atoms with Crippen LogP contribution in [0.1, 0.15) is 18.9 Å². The van der Waals surface area contributed by atoms with Gasteiger partial charge in [-0.15, -0.1) is 0 Å². The fourth-order valence-electron chi connectivity index (χ4n) is 1.95. The van der Waals surface area contributed by atoms with E-state index in [0.29, 0.717) is 6.54 Å². The van der Waals surface area contributed by atoms with E-state index in [0.717, 1.165) is 37.4 Å². The Labute approximate surface area is 108 Å². The highest BCUT2D eigenvalue weighted by Gasteiger charge is 2.24. The number of likely N-dealkylation sites (N-methyl/N-ethyl adjacent to an activating group) is 1. The summed E-state index contributed by atoms with van der Waals surface area (Å²) in [5, 5.41) is 3.23. The smallest absolute Gasteiger partial charge is 0.320 e. The van der Waals surface area contributed by atoms with Gasteiger partial charge in [-0.25, -0.2) is 9.78 Å². The van der Waals surface area contributed by atoms with Crippen LogP contribution in [0.2, 0.25) is 0 Å². The third-order valence-electron chi connectivity index (χ3n) is 3.06. The van der Waals surface area contributed by atoms with Crippen molar-refractivity contribution in [1.29, 1.82) is 0 Å². The molecule has 1 N–H and O–H groups in total. The second kappa shape index (κ2) is 5.71. The average molecular weight is 248 g/mol. The quantitative estimate of drug-likeness (QED) is 0.864. The lowest BCUT2D eigenvalue weighted by Gasteiger charge is -2.15. The summed E-state index contributed by atoms with van der Waals surface area (Å²) in [5.41, 5.74) is 1.07. The van der Waals surface area contributed by atoms with Gasteiger partial charge in [-0.3, -0.25) is 0 Å². The molecule has 0 saturated carbocycles. The van der Waals surface area contributed by atoms with Gasteiger partial charge in [-0.1, -0.05) is 13.0 Å². The van der Waals surface area contributed by atoms with E-state index in [1.807, 2.05) is 30.3 Å². The van der Waals surface area contributed by atoms with Gasteiger partial charge >= 0.3 is 6.03 Å². The van der Waals surface area contributed by atoms with Crippen molar-refractivity contribution < 1.29 is 4.79 Å². The minimum atomic E-state index is 0.100. The summed E-state index contributed by atoms with van der Waals surface area (Å²) in [4.78, 5) is 19.7. The number of carbonyl (C=O) groups excluding carboxylic acids is 1. The lowest BCUT2D eigenvalue weighted by Crippen LogP contribution is -2.28. The molecular formula is C13H20N4O. The normalized spacial score (nSPS) is 15.3. The maximum Gasteiger partial charge on any atom is 0.320 e. The molecule has 1 saturated heterocycles. The van der Waals surface area contributed by atoms with Gasteiger partial charge in [0.2, 0.25) is 0 Å². The van der Waals surface area contributed by atoms with E-state index in [-0.39, 0.29) is 6.03 Å². The third kappa shape index (κ3) is 2.91. The van der Waals surface area contributed by atoms with Crippen molar-refractivity contribution in [2.45, 2.75) is 19.9 Å². The van der Waals surface area contributed by atoms with E-state index in [1.54, 1.807) is 4.90 Å². The molecule has 0 aromatic carbocycles. The molecule has 0 radical (unpaired) electrons. The molecule has 0 aliphatic carbocycles. The second-order valence-corrected chi connectivity index (χ2v) is 4.60. The number of hydrogen-bond acceptors (Lipinski definition) is 3. The third-order valence-corrected chi connectivity index (χ3v) is 3.06. The van der Waals surface area contributed by atoms with Crippen molar-refractivity contribution in [2.24, 2.45) is 0 Å². The van der Waals surface area contributed by atoms with Gasteiger partial charge in [0.05, 0.1) is 0 Å². The first-order chi connectivity index (χ1) is 8.70.